The maximum Gasteiger partial charge on any atom is 0.416 e. The molecule has 0 radical (unpaired) electrons. The van der Waals surface area contributed by atoms with Gasteiger partial charge in [0.1, 0.15) is 0 Å². The summed E-state index contributed by atoms with van der Waals surface area (Å²) in [5, 5.41) is 3.08. The van der Waals surface area contributed by atoms with E-state index < -0.39 is 11.7 Å². The summed E-state index contributed by atoms with van der Waals surface area (Å²) in [6, 6.07) is 3.81. The average molecular weight is 280 g/mol. The second-order valence-corrected chi connectivity index (χ2v) is 4.38. The Labute approximate surface area is 93.8 Å². The van der Waals surface area contributed by atoms with Crippen LogP contribution in [0, 0.1) is 0 Å². The van der Waals surface area contributed by atoms with Crippen LogP contribution in [0.4, 0.5) is 13.2 Å². The number of benzene rings is 1. The third-order valence-corrected chi connectivity index (χ3v) is 3.24. The predicted octanol–water partition coefficient (Wildman–Crippen LogP) is 3.50. The Balaban J connectivity index is 2.36. The fourth-order valence-corrected chi connectivity index (χ4v) is 2.06. The van der Waals surface area contributed by atoms with Crippen LogP contribution in [-0.4, -0.2) is 6.54 Å². The molecule has 1 aliphatic heterocycles. The fraction of sp³-hybridized carbons (Fsp3) is 0.400. The van der Waals surface area contributed by atoms with Crippen molar-refractivity contribution in [1.82, 2.24) is 5.32 Å². The molecule has 5 heteroatoms. The maximum absolute atomic E-state index is 12.4. The van der Waals surface area contributed by atoms with Crippen LogP contribution in [-0.2, 0) is 6.18 Å². The molecule has 0 aliphatic carbocycles. The summed E-state index contributed by atoms with van der Waals surface area (Å²) < 4.78 is 38.1. The first-order valence-corrected chi connectivity index (χ1v) is 5.38. The molecule has 1 aliphatic rings. The van der Waals surface area contributed by atoms with E-state index in [4.69, 9.17) is 0 Å². The molecule has 1 N–H and O–H groups in total. The van der Waals surface area contributed by atoms with Gasteiger partial charge in [-0.15, -0.1) is 0 Å². The van der Waals surface area contributed by atoms with Crippen LogP contribution >= 0.6 is 15.9 Å². The van der Waals surface area contributed by atoms with Crippen LogP contribution in [0.2, 0.25) is 0 Å². The first-order valence-electron chi connectivity index (χ1n) is 4.58. The molecule has 1 aromatic carbocycles. The Hall–Kier alpha value is -0.550. The predicted molar refractivity (Wildman–Crippen MR) is 54.5 cm³/mol. The summed E-state index contributed by atoms with van der Waals surface area (Å²) in [6.07, 6.45) is -3.38. The molecule has 15 heavy (non-hydrogen) atoms. The van der Waals surface area contributed by atoms with Crippen LogP contribution in [0.15, 0.2) is 22.7 Å². The normalized spacial score (nSPS) is 21.2. The molecule has 0 amide bonds. The maximum atomic E-state index is 12.4. The summed E-state index contributed by atoms with van der Waals surface area (Å²) in [5.74, 6) is 0. The minimum atomic E-state index is -4.26. The zero-order valence-corrected chi connectivity index (χ0v) is 9.32. The highest BCUT2D eigenvalue weighted by molar-refractivity contribution is 9.10. The van der Waals surface area contributed by atoms with Crippen LogP contribution < -0.4 is 5.32 Å². The minimum Gasteiger partial charge on any atom is -0.310 e. The summed E-state index contributed by atoms with van der Waals surface area (Å²) >= 11 is 3.27. The van der Waals surface area contributed by atoms with Crippen molar-refractivity contribution in [1.29, 1.82) is 0 Å². The summed E-state index contributed by atoms with van der Waals surface area (Å²) in [6.45, 7) is 0.868. The van der Waals surface area contributed by atoms with E-state index in [1.54, 1.807) is 0 Å². The highest BCUT2D eigenvalue weighted by atomic mass is 79.9. The van der Waals surface area contributed by atoms with Gasteiger partial charge in [0, 0.05) is 10.5 Å². The summed E-state index contributed by atoms with van der Waals surface area (Å²) in [4.78, 5) is 0. The second-order valence-electron chi connectivity index (χ2n) is 3.53. The Bertz CT molecular complexity index is 371. The van der Waals surface area contributed by atoms with Crippen molar-refractivity contribution in [2.24, 2.45) is 0 Å². The molecule has 0 unspecified atom stereocenters. The van der Waals surface area contributed by atoms with E-state index in [0.717, 1.165) is 23.5 Å². The monoisotopic (exact) mass is 279 g/mol. The molecule has 1 nitrogen and oxygen atoms in total. The third kappa shape index (κ3) is 2.18. The number of rotatable bonds is 1. The lowest BCUT2D eigenvalue weighted by Gasteiger charge is -2.29. The molecule has 1 aromatic rings. The van der Waals surface area contributed by atoms with Gasteiger partial charge in [0.15, 0.2) is 0 Å². The topological polar surface area (TPSA) is 12.0 Å². The molecule has 0 bridgehead atoms. The van der Waals surface area contributed by atoms with E-state index in [0.29, 0.717) is 5.56 Å². The van der Waals surface area contributed by atoms with E-state index in [9.17, 15) is 13.2 Å². The molecule has 1 heterocycles. The molecule has 0 spiro atoms. The second kappa shape index (κ2) is 3.79. The van der Waals surface area contributed by atoms with Gasteiger partial charge in [-0.3, -0.25) is 0 Å². The molecule has 82 valence electrons. The number of nitrogens with one attached hydrogen (secondary N) is 1. The van der Waals surface area contributed by atoms with Crippen LogP contribution in [0.3, 0.4) is 0 Å². The zero-order valence-electron chi connectivity index (χ0n) is 7.74. The molecule has 1 fully saturated rings. The number of hydrogen-bond acceptors (Lipinski definition) is 1. The SMILES string of the molecule is FC(F)(F)c1ccc(Br)c([C@H]2CCN2)c1. The number of halogens is 4. The molecule has 1 saturated heterocycles. The Kier molecular flexibility index (Phi) is 2.77. The van der Waals surface area contributed by atoms with Crippen molar-refractivity contribution in [3.05, 3.63) is 33.8 Å². The smallest absolute Gasteiger partial charge is 0.310 e. The van der Waals surface area contributed by atoms with Crippen molar-refractivity contribution < 1.29 is 13.2 Å². The van der Waals surface area contributed by atoms with Crippen molar-refractivity contribution in [2.45, 2.75) is 18.6 Å². The van der Waals surface area contributed by atoms with Crippen molar-refractivity contribution in [2.75, 3.05) is 6.54 Å². The Morgan fingerprint density at radius 3 is 2.47 bits per heavy atom. The van der Waals surface area contributed by atoms with Gasteiger partial charge in [0.25, 0.3) is 0 Å². The van der Waals surface area contributed by atoms with Gasteiger partial charge in [-0.05, 0) is 36.7 Å². The highest BCUT2D eigenvalue weighted by Crippen LogP contribution is 2.36. The quantitative estimate of drug-likeness (QED) is 0.830. The zero-order chi connectivity index (χ0) is 11.1. The van der Waals surface area contributed by atoms with Crippen LogP contribution in [0.1, 0.15) is 23.6 Å². The van der Waals surface area contributed by atoms with Gasteiger partial charge in [-0.25, -0.2) is 0 Å². The standard InChI is InChI=1S/C10H9BrF3N/c11-8-2-1-6(10(12,13)14)5-7(8)9-3-4-15-9/h1-2,5,9,15H,3-4H2/t9-/m1/s1. The minimum absolute atomic E-state index is 0.0571. The third-order valence-electron chi connectivity index (χ3n) is 2.52. The molecule has 2 rings (SSSR count). The van der Waals surface area contributed by atoms with E-state index in [1.165, 1.54) is 12.1 Å². The van der Waals surface area contributed by atoms with Gasteiger partial charge < -0.3 is 5.32 Å². The largest absolute Gasteiger partial charge is 0.416 e. The highest BCUT2D eigenvalue weighted by Gasteiger charge is 2.32. The lowest BCUT2D eigenvalue weighted by molar-refractivity contribution is -0.137. The van der Waals surface area contributed by atoms with Gasteiger partial charge in [0.05, 0.1) is 5.56 Å². The van der Waals surface area contributed by atoms with Gasteiger partial charge in [0.2, 0.25) is 0 Å². The van der Waals surface area contributed by atoms with Gasteiger partial charge in [-0.1, -0.05) is 15.9 Å². The van der Waals surface area contributed by atoms with Crippen LogP contribution in [0.25, 0.3) is 0 Å². The molecular formula is C10H9BrF3N. The first-order chi connectivity index (χ1) is 6.98. The lowest BCUT2D eigenvalue weighted by atomic mass is 9.96. The Morgan fingerprint density at radius 1 is 1.33 bits per heavy atom. The lowest BCUT2D eigenvalue weighted by Crippen LogP contribution is -2.35. The van der Waals surface area contributed by atoms with Gasteiger partial charge in [-0.2, -0.15) is 13.2 Å². The Morgan fingerprint density at radius 2 is 2.00 bits per heavy atom. The van der Waals surface area contributed by atoms with E-state index >= 15 is 0 Å². The fourth-order valence-electron chi connectivity index (χ4n) is 1.54. The molecule has 0 aromatic heterocycles. The number of alkyl halides is 3. The van der Waals surface area contributed by atoms with E-state index in [-0.39, 0.29) is 6.04 Å². The van der Waals surface area contributed by atoms with Crippen LogP contribution in [0.5, 0.6) is 0 Å². The molecular weight excluding hydrogens is 271 g/mol. The molecule has 0 saturated carbocycles. The van der Waals surface area contributed by atoms with Crippen molar-refractivity contribution in [3.8, 4) is 0 Å². The first kappa shape index (κ1) is 11.0. The van der Waals surface area contributed by atoms with E-state index in [2.05, 4.69) is 21.2 Å². The summed E-state index contributed by atoms with van der Waals surface area (Å²) in [5.41, 5.74) is 0.102. The number of hydrogen-bond donors (Lipinski definition) is 1. The summed E-state index contributed by atoms with van der Waals surface area (Å²) in [7, 11) is 0. The molecule has 1 atom stereocenters. The van der Waals surface area contributed by atoms with E-state index in [1.807, 2.05) is 0 Å². The average Bonchev–Trinajstić information content (AvgIpc) is 2.03. The van der Waals surface area contributed by atoms with Crippen molar-refractivity contribution in [3.63, 3.8) is 0 Å². The van der Waals surface area contributed by atoms with Crippen molar-refractivity contribution >= 4 is 15.9 Å². The van der Waals surface area contributed by atoms with Gasteiger partial charge >= 0.3 is 6.18 Å².